The van der Waals surface area contributed by atoms with E-state index in [9.17, 15) is 9.90 Å². The third kappa shape index (κ3) is 2.71. The molecule has 1 heterocycles. The first-order valence-electron chi connectivity index (χ1n) is 6.34. The second-order valence-electron chi connectivity index (χ2n) is 4.43. The number of benzene rings is 1. The van der Waals surface area contributed by atoms with Crippen LogP contribution in [0.4, 0.5) is 0 Å². The maximum absolute atomic E-state index is 11.2. The van der Waals surface area contributed by atoms with E-state index in [4.69, 9.17) is 10.5 Å². The topological polar surface area (TPSA) is 88.3 Å². The Labute approximate surface area is 111 Å². The first-order chi connectivity index (χ1) is 9.17. The molecule has 1 aromatic carbocycles. The van der Waals surface area contributed by atoms with Crippen molar-refractivity contribution in [3.63, 3.8) is 0 Å². The number of hydrogen-bond donors (Lipinski definition) is 3. The number of carboxylic acid groups (broad SMARTS) is 1. The van der Waals surface area contributed by atoms with Crippen molar-refractivity contribution < 1.29 is 14.6 Å². The average molecular weight is 262 g/mol. The molecule has 0 spiro atoms. The Balaban J connectivity index is 2.41. The lowest BCUT2D eigenvalue weighted by Gasteiger charge is -2.09. The van der Waals surface area contributed by atoms with Crippen molar-refractivity contribution in [3.8, 4) is 5.75 Å². The molecule has 0 aliphatic heterocycles. The van der Waals surface area contributed by atoms with Crippen molar-refractivity contribution in [2.45, 2.75) is 19.3 Å². The number of carbonyl (C=O) groups is 1. The summed E-state index contributed by atoms with van der Waals surface area (Å²) >= 11 is 0. The maximum Gasteiger partial charge on any atom is 0.312 e. The highest BCUT2D eigenvalue weighted by Crippen LogP contribution is 2.28. The average Bonchev–Trinajstić information content (AvgIpc) is 2.80. The van der Waals surface area contributed by atoms with Gasteiger partial charge in [0.25, 0.3) is 0 Å². The van der Waals surface area contributed by atoms with Crippen LogP contribution in [0.15, 0.2) is 24.4 Å². The molecule has 0 fully saturated rings. The molecule has 1 atom stereocenters. The zero-order valence-electron chi connectivity index (χ0n) is 10.8. The van der Waals surface area contributed by atoms with Gasteiger partial charge >= 0.3 is 5.97 Å². The molecule has 102 valence electrons. The molecule has 4 N–H and O–H groups in total. The molecule has 0 saturated heterocycles. The molecular weight excluding hydrogens is 244 g/mol. The van der Waals surface area contributed by atoms with Gasteiger partial charge < -0.3 is 20.6 Å². The Morgan fingerprint density at radius 1 is 1.53 bits per heavy atom. The van der Waals surface area contributed by atoms with E-state index in [1.165, 1.54) is 0 Å². The number of aromatic nitrogens is 1. The largest absolute Gasteiger partial charge is 0.494 e. The Hall–Kier alpha value is -2.01. The minimum absolute atomic E-state index is 0.0718. The maximum atomic E-state index is 11.2. The fourth-order valence-corrected chi connectivity index (χ4v) is 2.08. The van der Waals surface area contributed by atoms with Crippen LogP contribution in [-0.2, 0) is 4.79 Å². The van der Waals surface area contributed by atoms with Gasteiger partial charge in [0.1, 0.15) is 5.75 Å². The van der Waals surface area contributed by atoms with E-state index in [0.29, 0.717) is 12.2 Å². The Morgan fingerprint density at radius 2 is 2.32 bits per heavy atom. The van der Waals surface area contributed by atoms with Gasteiger partial charge in [-0.2, -0.15) is 0 Å². The van der Waals surface area contributed by atoms with Gasteiger partial charge in [-0.15, -0.1) is 0 Å². The van der Waals surface area contributed by atoms with Crippen LogP contribution in [0, 0.1) is 0 Å². The van der Waals surface area contributed by atoms with E-state index < -0.39 is 11.9 Å². The van der Waals surface area contributed by atoms with Crippen LogP contribution in [0.25, 0.3) is 10.9 Å². The summed E-state index contributed by atoms with van der Waals surface area (Å²) in [5.41, 5.74) is 7.14. The number of aromatic amines is 1. The van der Waals surface area contributed by atoms with E-state index in [-0.39, 0.29) is 6.54 Å². The fraction of sp³-hybridized carbons (Fsp3) is 0.357. The molecule has 0 bridgehead atoms. The standard InChI is InChI=1S/C14H18N2O3/c1-2-5-19-9-3-4-13-10(6-9)12(8-16-13)11(7-15)14(17)18/h3-4,6,8,11,16H,2,5,7,15H2,1H3,(H,17,18)/t11-/m0/s1. The van der Waals surface area contributed by atoms with Crippen molar-refractivity contribution >= 4 is 16.9 Å². The highest BCUT2D eigenvalue weighted by Gasteiger charge is 2.21. The zero-order valence-corrected chi connectivity index (χ0v) is 10.8. The highest BCUT2D eigenvalue weighted by molar-refractivity contribution is 5.90. The van der Waals surface area contributed by atoms with E-state index in [0.717, 1.165) is 23.1 Å². The number of nitrogens with two attached hydrogens (primary N) is 1. The number of rotatable bonds is 6. The Morgan fingerprint density at radius 3 is 2.95 bits per heavy atom. The second kappa shape index (κ2) is 5.75. The summed E-state index contributed by atoms with van der Waals surface area (Å²) in [6.45, 7) is 2.75. The number of nitrogens with one attached hydrogen (secondary N) is 1. The SMILES string of the molecule is CCCOc1ccc2[nH]cc([C@H](CN)C(=O)O)c2c1. The summed E-state index contributed by atoms with van der Waals surface area (Å²) in [6, 6.07) is 5.62. The normalized spacial score (nSPS) is 12.5. The quantitative estimate of drug-likeness (QED) is 0.743. The molecule has 2 aromatic rings. The third-order valence-corrected chi connectivity index (χ3v) is 3.07. The molecule has 0 radical (unpaired) electrons. The third-order valence-electron chi connectivity index (χ3n) is 3.07. The first kappa shape index (κ1) is 13.4. The van der Waals surface area contributed by atoms with E-state index >= 15 is 0 Å². The van der Waals surface area contributed by atoms with Gasteiger partial charge in [0.2, 0.25) is 0 Å². The van der Waals surface area contributed by atoms with Gasteiger partial charge in [0, 0.05) is 23.6 Å². The summed E-state index contributed by atoms with van der Waals surface area (Å²) in [6.07, 6.45) is 2.64. The molecule has 0 aliphatic rings. The first-order valence-corrected chi connectivity index (χ1v) is 6.34. The van der Waals surface area contributed by atoms with Crippen molar-refractivity contribution in [1.82, 2.24) is 4.98 Å². The lowest BCUT2D eigenvalue weighted by molar-refractivity contribution is -0.138. The minimum Gasteiger partial charge on any atom is -0.494 e. The lowest BCUT2D eigenvalue weighted by Crippen LogP contribution is -2.20. The molecule has 0 aliphatic carbocycles. The van der Waals surface area contributed by atoms with Crippen molar-refractivity contribution in [2.24, 2.45) is 5.73 Å². The Kier molecular flexibility index (Phi) is 4.06. The van der Waals surface area contributed by atoms with Crippen LogP contribution in [-0.4, -0.2) is 29.2 Å². The fourth-order valence-electron chi connectivity index (χ4n) is 2.08. The van der Waals surface area contributed by atoms with Crippen molar-refractivity contribution in [1.29, 1.82) is 0 Å². The molecule has 0 saturated carbocycles. The molecule has 19 heavy (non-hydrogen) atoms. The van der Waals surface area contributed by atoms with Crippen LogP contribution < -0.4 is 10.5 Å². The summed E-state index contributed by atoms with van der Waals surface area (Å²) in [5, 5.41) is 10.0. The van der Waals surface area contributed by atoms with Gasteiger partial charge in [0.15, 0.2) is 0 Å². The zero-order chi connectivity index (χ0) is 13.8. The van der Waals surface area contributed by atoms with Gasteiger partial charge in [-0.25, -0.2) is 0 Å². The van der Waals surface area contributed by atoms with Crippen molar-refractivity contribution in [3.05, 3.63) is 30.0 Å². The second-order valence-corrected chi connectivity index (χ2v) is 4.43. The molecule has 1 aromatic heterocycles. The smallest absolute Gasteiger partial charge is 0.312 e. The van der Waals surface area contributed by atoms with Crippen LogP contribution >= 0.6 is 0 Å². The summed E-state index contributed by atoms with van der Waals surface area (Å²) < 4.78 is 5.57. The minimum atomic E-state index is -0.914. The monoisotopic (exact) mass is 262 g/mol. The van der Waals surface area contributed by atoms with Crippen molar-refractivity contribution in [2.75, 3.05) is 13.2 Å². The van der Waals surface area contributed by atoms with Gasteiger partial charge in [0.05, 0.1) is 12.5 Å². The summed E-state index contributed by atoms with van der Waals surface area (Å²) in [5.74, 6) is -0.866. The number of hydrogen-bond acceptors (Lipinski definition) is 3. The van der Waals surface area contributed by atoms with Crippen LogP contribution in [0.1, 0.15) is 24.8 Å². The predicted molar refractivity (Wildman–Crippen MR) is 73.5 cm³/mol. The Bertz CT molecular complexity index is 577. The molecular formula is C14H18N2O3. The van der Waals surface area contributed by atoms with E-state index in [2.05, 4.69) is 4.98 Å². The van der Waals surface area contributed by atoms with Gasteiger partial charge in [-0.05, 0) is 30.2 Å². The summed E-state index contributed by atoms with van der Waals surface area (Å²) in [7, 11) is 0. The molecule has 0 unspecified atom stereocenters. The van der Waals surface area contributed by atoms with E-state index in [1.54, 1.807) is 6.20 Å². The van der Waals surface area contributed by atoms with Crippen LogP contribution in [0.5, 0.6) is 5.75 Å². The van der Waals surface area contributed by atoms with Gasteiger partial charge in [-0.1, -0.05) is 6.92 Å². The molecule has 5 heteroatoms. The van der Waals surface area contributed by atoms with Crippen LogP contribution in [0.2, 0.25) is 0 Å². The molecule has 5 nitrogen and oxygen atoms in total. The highest BCUT2D eigenvalue weighted by atomic mass is 16.5. The number of carboxylic acids is 1. The molecule has 2 rings (SSSR count). The summed E-state index contributed by atoms with van der Waals surface area (Å²) in [4.78, 5) is 14.3. The number of aliphatic carboxylic acids is 1. The number of ether oxygens (including phenoxy) is 1. The number of fused-ring (bicyclic) bond motifs is 1. The molecule has 0 amide bonds. The van der Waals surface area contributed by atoms with Crippen LogP contribution in [0.3, 0.4) is 0 Å². The lowest BCUT2D eigenvalue weighted by atomic mass is 9.99. The van der Waals surface area contributed by atoms with E-state index in [1.807, 2.05) is 25.1 Å². The predicted octanol–water partition coefficient (Wildman–Crippen LogP) is 2.08. The number of H-pyrrole nitrogens is 1. The van der Waals surface area contributed by atoms with Gasteiger partial charge in [-0.3, -0.25) is 4.79 Å².